The van der Waals surface area contributed by atoms with E-state index in [2.05, 4.69) is 41.5 Å². The number of hydrogen-bond donors (Lipinski definition) is 5. The number of ether oxygens (including phenoxy) is 3. The van der Waals surface area contributed by atoms with Crippen molar-refractivity contribution in [3.05, 3.63) is 89.0 Å². The Morgan fingerprint density at radius 1 is 1.00 bits per heavy atom. The van der Waals surface area contributed by atoms with E-state index < -0.39 is 17.8 Å². The largest absolute Gasteiger partial charge is 0.494 e. The highest BCUT2D eigenvalue weighted by molar-refractivity contribution is 6.31. The van der Waals surface area contributed by atoms with E-state index in [1.54, 1.807) is 30.3 Å². The third-order valence-electron chi connectivity index (χ3n) is 10.7. The second-order valence-corrected chi connectivity index (χ2v) is 15.3. The highest BCUT2D eigenvalue weighted by Crippen LogP contribution is 2.34. The van der Waals surface area contributed by atoms with Crippen molar-refractivity contribution in [1.29, 1.82) is 0 Å². The number of carbonyl (C=O) groups excluding carboxylic acids is 5. The summed E-state index contributed by atoms with van der Waals surface area (Å²) in [5.74, 6) is -1.23. The summed E-state index contributed by atoms with van der Waals surface area (Å²) in [4.78, 5) is 74.8. The summed E-state index contributed by atoms with van der Waals surface area (Å²) in [5.41, 5.74) is 3.63. The van der Waals surface area contributed by atoms with E-state index >= 15 is 0 Å². The molecule has 5 amide bonds. The first kappa shape index (κ1) is 43.9. The smallest absolute Gasteiger partial charge is 0.255 e. The van der Waals surface area contributed by atoms with Crippen LogP contribution in [0.2, 0.25) is 5.02 Å². The number of piperidine rings is 2. The van der Waals surface area contributed by atoms with Crippen LogP contribution in [0, 0.1) is 5.82 Å². The molecule has 0 spiro atoms. The molecule has 0 aliphatic carbocycles. The molecule has 7 rings (SSSR count). The minimum atomic E-state index is -0.674. The number of methoxy groups -OCH3 is 1. The number of hydrogen-bond acceptors (Lipinski definition) is 13. The highest BCUT2D eigenvalue weighted by atomic mass is 35.5. The first-order chi connectivity index (χ1) is 30.1. The van der Waals surface area contributed by atoms with Crippen molar-refractivity contribution < 1.29 is 42.6 Å². The Morgan fingerprint density at radius 3 is 2.61 bits per heavy atom. The molecule has 1 unspecified atom stereocenters. The van der Waals surface area contributed by atoms with Crippen LogP contribution in [0.1, 0.15) is 41.6 Å². The number of carbonyl (C=O) groups is 5. The summed E-state index contributed by atoms with van der Waals surface area (Å²) in [6.07, 6.45) is 6.66. The molecule has 0 bridgehead atoms. The molecule has 3 aliphatic heterocycles. The Morgan fingerprint density at radius 2 is 1.82 bits per heavy atom. The Hall–Kier alpha value is -6.21. The van der Waals surface area contributed by atoms with Gasteiger partial charge in [0.2, 0.25) is 23.6 Å². The van der Waals surface area contributed by atoms with Gasteiger partial charge in [0.05, 0.1) is 43.2 Å². The van der Waals surface area contributed by atoms with Crippen molar-refractivity contribution in [1.82, 2.24) is 30.4 Å². The quantitative estimate of drug-likeness (QED) is 0.0542. The molecule has 19 heteroatoms. The fourth-order valence-corrected chi connectivity index (χ4v) is 7.75. The molecule has 5 N–H and O–H groups in total. The molecule has 4 heterocycles. The maximum absolute atomic E-state index is 13.7. The van der Waals surface area contributed by atoms with Crippen molar-refractivity contribution >= 4 is 74.9 Å². The van der Waals surface area contributed by atoms with Gasteiger partial charge < -0.3 is 40.4 Å². The van der Waals surface area contributed by atoms with Crippen LogP contribution in [0.25, 0.3) is 10.9 Å². The predicted molar refractivity (Wildman–Crippen MR) is 229 cm³/mol. The number of amides is 5. The lowest BCUT2D eigenvalue weighted by Gasteiger charge is -2.31. The number of imide groups is 1. The molecule has 2 fully saturated rings. The summed E-state index contributed by atoms with van der Waals surface area (Å²) in [5, 5.41) is 15.2. The van der Waals surface area contributed by atoms with Crippen LogP contribution in [-0.2, 0) is 35.2 Å². The molecular weight excluding hydrogens is 825 g/mol. The van der Waals surface area contributed by atoms with Crippen molar-refractivity contribution in [3.63, 3.8) is 0 Å². The van der Waals surface area contributed by atoms with E-state index in [-0.39, 0.29) is 60.9 Å². The molecular formula is C43H47ClFN9O8. The standard InChI is InChI=1S/C43H47ClFN9O8/c1-60-37-22-34-29(41(48-25-47-34)50-27-7-8-32(45)31(44)20-27)21-35(37)51-38(55)6-3-14-53-15-11-26(12-16-53)49-40(57)24-62-19-18-61-17-13-46-33-5-2-4-28-30(33)23-54(43(28)59)36-9-10-39(56)52-42(36)58/h2-8,20-22,25-26,36,46H,9-19,23-24H2,1H3,(H,49,57)(H,51,55)(H,47,48,50)(H,52,56,58)/b6-3+. The zero-order valence-corrected chi connectivity index (χ0v) is 34.8. The van der Waals surface area contributed by atoms with Crippen molar-refractivity contribution in [2.24, 2.45) is 0 Å². The van der Waals surface area contributed by atoms with Gasteiger partial charge in [0.1, 0.15) is 36.4 Å². The lowest BCUT2D eigenvalue weighted by Crippen LogP contribution is -2.52. The molecule has 326 valence electrons. The Bertz CT molecular complexity index is 2360. The third-order valence-corrected chi connectivity index (χ3v) is 11.0. The molecule has 4 aromatic rings. The molecule has 1 atom stereocenters. The third kappa shape index (κ3) is 11.0. The van der Waals surface area contributed by atoms with Gasteiger partial charge in [0, 0.05) is 85.2 Å². The Balaban J connectivity index is 0.762. The number of anilines is 4. The van der Waals surface area contributed by atoms with Gasteiger partial charge in [0.25, 0.3) is 5.91 Å². The second-order valence-electron chi connectivity index (χ2n) is 14.9. The van der Waals surface area contributed by atoms with Crippen LogP contribution >= 0.6 is 11.6 Å². The van der Waals surface area contributed by atoms with Crippen LogP contribution in [0.3, 0.4) is 0 Å². The monoisotopic (exact) mass is 871 g/mol. The fraction of sp³-hybridized carbons (Fsp3) is 0.372. The van der Waals surface area contributed by atoms with Crippen LogP contribution in [0.15, 0.2) is 67.0 Å². The van der Waals surface area contributed by atoms with Gasteiger partial charge in [-0.05, 0) is 55.7 Å². The van der Waals surface area contributed by atoms with Crippen LogP contribution in [0.4, 0.5) is 27.3 Å². The normalized spacial score (nSPS) is 17.0. The molecule has 2 saturated heterocycles. The Labute approximate surface area is 361 Å². The van der Waals surface area contributed by atoms with Gasteiger partial charge in [-0.1, -0.05) is 23.7 Å². The number of halogens is 2. The van der Waals surface area contributed by atoms with E-state index in [1.807, 2.05) is 6.07 Å². The lowest BCUT2D eigenvalue weighted by atomic mass is 10.0. The average Bonchev–Trinajstić information content (AvgIpc) is 3.59. The summed E-state index contributed by atoms with van der Waals surface area (Å²) < 4.78 is 30.4. The van der Waals surface area contributed by atoms with E-state index in [0.717, 1.165) is 37.2 Å². The fourth-order valence-electron chi connectivity index (χ4n) is 7.57. The van der Waals surface area contributed by atoms with Crippen molar-refractivity contribution in [2.45, 2.75) is 44.3 Å². The van der Waals surface area contributed by atoms with Crippen LogP contribution < -0.4 is 31.3 Å². The van der Waals surface area contributed by atoms with Gasteiger partial charge in [-0.2, -0.15) is 0 Å². The lowest BCUT2D eigenvalue weighted by molar-refractivity contribution is -0.137. The number of nitrogens with zero attached hydrogens (tertiary/aromatic N) is 4. The van der Waals surface area contributed by atoms with E-state index in [1.165, 1.54) is 42.6 Å². The molecule has 0 radical (unpaired) electrons. The molecule has 1 aromatic heterocycles. The van der Waals surface area contributed by atoms with E-state index in [9.17, 15) is 28.4 Å². The van der Waals surface area contributed by atoms with E-state index in [4.69, 9.17) is 25.8 Å². The topological polar surface area (TPSA) is 205 Å². The van der Waals surface area contributed by atoms with Gasteiger partial charge in [0.15, 0.2) is 0 Å². The number of aromatic nitrogens is 2. The maximum Gasteiger partial charge on any atom is 0.255 e. The van der Waals surface area contributed by atoms with Crippen molar-refractivity contribution in [2.75, 3.05) is 75.7 Å². The summed E-state index contributed by atoms with van der Waals surface area (Å²) in [7, 11) is 1.50. The van der Waals surface area contributed by atoms with Crippen molar-refractivity contribution in [3.8, 4) is 5.75 Å². The predicted octanol–water partition coefficient (Wildman–Crippen LogP) is 4.16. The highest BCUT2D eigenvalue weighted by Gasteiger charge is 2.39. The van der Waals surface area contributed by atoms with Gasteiger partial charge >= 0.3 is 0 Å². The average molecular weight is 872 g/mol. The number of rotatable bonds is 18. The summed E-state index contributed by atoms with van der Waals surface area (Å²) in [6.45, 7) is 3.62. The molecule has 62 heavy (non-hydrogen) atoms. The number of benzene rings is 3. The maximum atomic E-state index is 13.7. The van der Waals surface area contributed by atoms with Gasteiger partial charge in [-0.25, -0.2) is 14.4 Å². The SMILES string of the molecule is COc1cc2ncnc(Nc3ccc(F)c(Cl)c3)c2cc1NC(=O)/C=C/CN1CCC(NC(=O)COCCOCCNc2cccc3c2CN(C2CCC(=O)NC2=O)C3=O)CC1. The molecule has 0 saturated carbocycles. The first-order valence-corrected chi connectivity index (χ1v) is 20.6. The molecule has 3 aromatic carbocycles. The van der Waals surface area contributed by atoms with Crippen LogP contribution in [0.5, 0.6) is 5.75 Å². The minimum Gasteiger partial charge on any atom is -0.494 e. The minimum absolute atomic E-state index is 0.0200. The summed E-state index contributed by atoms with van der Waals surface area (Å²) >= 11 is 5.95. The zero-order chi connectivity index (χ0) is 43.6. The molecule has 3 aliphatic rings. The second kappa shape index (κ2) is 20.6. The zero-order valence-electron chi connectivity index (χ0n) is 34.0. The van der Waals surface area contributed by atoms with Gasteiger partial charge in [-0.3, -0.25) is 34.2 Å². The van der Waals surface area contributed by atoms with Gasteiger partial charge in [-0.15, -0.1) is 0 Å². The molecule has 17 nitrogen and oxygen atoms in total. The first-order valence-electron chi connectivity index (χ1n) is 20.3. The number of nitrogens with one attached hydrogen (secondary N) is 5. The number of fused-ring (bicyclic) bond motifs is 2. The Kier molecular flexibility index (Phi) is 14.6. The van der Waals surface area contributed by atoms with Crippen LogP contribution in [-0.4, -0.2) is 121 Å². The summed E-state index contributed by atoms with van der Waals surface area (Å²) in [6, 6.07) is 12.4. The number of likely N-dealkylation sites (tertiary alicyclic amines) is 1. The van der Waals surface area contributed by atoms with E-state index in [0.29, 0.717) is 72.1 Å².